The fraction of sp³-hybridized carbons (Fsp3) is 0.125. The van der Waals surface area contributed by atoms with Crippen LogP contribution in [0, 0.1) is 29.1 Å². The molecule has 132 valence electrons. The quantitative estimate of drug-likeness (QED) is 0.274. The van der Waals surface area contributed by atoms with Gasteiger partial charge in [0.1, 0.15) is 0 Å². The van der Waals surface area contributed by atoms with Crippen molar-refractivity contribution in [1.82, 2.24) is 0 Å². The molecule has 0 bridgehead atoms. The summed E-state index contributed by atoms with van der Waals surface area (Å²) in [6, 6.07) is 4.92. The second-order valence-corrected chi connectivity index (χ2v) is 4.55. The first-order valence-electron chi connectivity index (χ1n) is 6.79. The van der Waals surface area contributed by atoms with Crippen molar-refractivity contribution >= 4 is 11.9 Å². The van der Waals surface area contributed by atoms with E-state index in [-0.39, 0.29) is 12.2 Å². The van der Waals surface area contributed by atoms with Crippen molar-refractivity contribution in [3.8, 4) is 5.75 Å². The minimum absolute atomic E-state index is 0.0140. The third-order valence-corrected chi connectivity index (χ3v) is 3.01. The lowest BCUT2D eigenvalue weighted by Gasteiger charge is -2.11. The summed E-state index contributed by atoms with van der Waals surface area (Å²) in [7, 11) is 0. The maximum Gasteiger partial charge on any atom is 0.344 e. The molecule has 0 aliphatic heterocycles. The number of esters is 2. The molecule has 0 saturated heterocycles. The zero-order chi connectivity index (χ0) is 18.7. The minimum atomic E-state index is -2.39. The van der Waals surface area contributed by atoms with Crippen LogP contribution in [-0.4, -0.2) is 18.5 Å². The molecule has 25 heavy (non-hydrogen) atoms. The third-order valence-electron chi connectivity index (χ3n) is 3.01. The van der Waals surface area contributed by atoms with Crippen LogP contribution < -0.4 is 4.74 Å². The molecule has 4 nitrogen and oxygen atoms in total. The fourth-order valence-corrected chi connectivity index (χ4v) is 1.87. The normalized spacial score (nSPS) is 10.5. The molecule has 0 saturated carbocycles. The standard InChI is InChI=1S/C16H9F5O4/c1-2-24-15(22)7-5-3-4-6-8(7)16(23)25-14-12(20)10(18)9(17)11(19)13(14)21/h3-6H,2H2,1H3. The van der Waals surface area contributed by atoms with Crippen LogP contribution in [0.5, 0.6) is 5.75 Å². The van der Waals surface area contributed by atoms with E-state index < -0.39 is 52.3 Å². The second-order valence-electron chi connectivity index (χ2n) is 4.55. The van der Waals surface area contributed by atoms with Gasteiger partial charge in [-0.05, 0) is 19.1 Å². The molecular formula is C16H9F5O4. The van der Waals surface area contributed by atoms with Gasteiger partial charge in [-0.2, -0.15) is 8.78 Å². The Morgan fingerprint density at radius 1 is 0.800 bits per heavy atom. The Hall–Kier alpha value is -2.97. The summed E-state index contributed by atoms with van der Waals surface area (Å²) in [4.78, 5) is 23.8. The second kappa shape index (κ2) is 7.29. The molecule has 0 N–H and O–H groups in total. The average molecular weight is 360 g/mol. The molecule has 0 aliphatic rings. The van der Waals surface area contributed by atoms with Gasteiger partial charge in [0.2, 0.25) is 34.8 Å². The molecule has 0 atom stereocenters. The van der Waals surface area contributed by atoms with E-state index in [9.17, 15) is 31.5 Å². The number of halogens is 5. The Morgan fingerprint density at radius 2 is 1.24 bits per heavy atom. The third kappa shape index (κ3) is 3.44. The molecule has 0 unspecified atom stereocenters. The first-order chi connectivity index (χ1) is 11.8. The van der Waals surface area contributed by atoms with Crippen molar-refractivity contribution in [3.63, 3.8) is 0 Å². The number of ether oxygens (including phenoxy) is 2. The van der Waals surface area contributed by atoms with Crippen molar-refractivity contribution in [2.75, 3.05) is 6.61 Å². The number of hydrogen-bond donors (Lipinski definition) is 0. The predicted molar refractivity (Wildman–Crippen MR) is 73.6 cm³/mol. The van der Waals surface area contributed by atoms with E-state index in [1.54, 1.807) is 0 Å². The first kappa shape index (κ1) is 18.4. The zero-order valence-corrected chi connectivity index (χ0v) is 12.5. The van der Waals surface area contributed by atoms with Gasteiger partial charge in [-0.1, -0.05) is 12.1 Å². The first-order valence-corrected chi connectivity index (χ1v) is 6.79. The molecule has 0 heterocycles. The zero-order valence-electron chi connectivity index (χ0n) is 12.5. The number of hydrogen-bond acceptors (Lipinski definition) is 4. The molecule has 0 aromatic heterocycles. The van der Waals surface area contributed by atoms with E-state index in [1.165, 1.54) is 25.1 Å². The summed E-state index contributed by atoms with van der Waals surface area (Å²) in [6.07, 6.45) is 0. The van der Waals surface area contributed by atoms with Gasteiger partial charge < -0.3 is 9.47 Å². The summed E-state index contributed by atoms with van der Waals surface area (Å²) < 4.78 is 75.4. The van der Waals surface area contributed by atoms with E-state index in [1.807, 2.05) is 0 Å². The largest absolute Gasteiger partial charge is 0.462 e. The van der Waals surface area contributed by atoms with Crippen LogP contribution in [0.15, 0.2) is 24.3 Å². The van der Waals surface area contributed by atoms with Crippen molar-refractivity contribution in [3.05, 3.63) is 64.5 Å². The van der Waals surface area contributed by atoms with Crippen molar-refractivity contribution < 1.29 is 41.0 Å². The molecule has 2 aromatic rings. The van der Waals surface area contributed by atoms with Gasteiger partial charge in [-0.15, -0.1) is 0 Å². The molecular weight excluding hydrogens is 351 g/mol. The maximum absolute atomic E-state index is 13.6. The Labute approximate surface area is 137 Å². The van der Waals surface area contributed by atoms with Gasteiger partial charge in [0.25, 0.3) is 0 Å². The highest BCUT2D eigenvalue weighted by Gasteiger charge is 2.29. The molecule has 0 fully saturated rings. The topological polar surface area (TPSA) is 52.6 Å². The van der Waals surface area contributed by atoms with Crippen LogP contribution in [0.1, 0.15) is 27.6 Å². The van der Waals surface area contributed by atoms with Gasteiger partial charge in [0.05, 0.1) is 17.7 Å². The molecule has 0 aliphatic carbocycles. The molecule has 2 aromatic carbocycles. The number of rotatable bonds is 4. The minimum Gasteiger partial charge on any atom is -0.462 e. The Kier molecular flexibility index (Phi) is 5.35. The summed E-state index contributed by atoms with van der Waals surface area (Å²) in [5, 5.41) is 0. The molecule has 2 rings (SSSR count). The monoisotopic (exact) mass is 360 g/mol. The van der Waals surface area contributed by atoms with E-state index in [2.05, 4.69) is 4.74 Å². The van der Waals surface area contributed by atoms with Crippen LogP contribution in [0.25, 0.3) is 0 Å². The van der Waals surface area contributed by atoms with Crippen molar-refractivity contribution in [2.24, 2.45) is 0 Å². The van der Waals surface area contributed by atoms with Gasteiger partial charge in [0.15, 0.2) is 0 Å². The Bertz CT molecular complexity index is 822. The van der Waals surface area contributed by atoms with Gasteiger partial charge in [-0.25, -0.2) is 22.8 Å². The summed E-state index contributed by atoms with van der Waals surface area (Å²) in [5.41, 5.74) is -0.761. The SMILES string of the molecule is CCOC(=O)c1ccccc1C(=O)Oc1c(F)c(F)c(F)c(F)c1F. The smallest absolute Gasteiger partial charge is 0.344 e. The van der Waals surface area contributed by atoms with Crippen molar-refractivity contribution in [1.29, 1.82) is 0 Å². The summed E-state index contributed by atoms with van der Waals surface area (Å²) in [5.74, 6) is -15.7. The lowest BCUT2D eigenvalue weighted by molar-refractivity contribution is 0.0516. The summed E-state index contributed by atoms with van der Waals surface area (Å²) in [6.45, 7) is 1.49. The lowest BCUT2D eigenvalue weighted by atomic mass is 10.1. The van der Waals surface area contributed by atoms with E-state index >= 15 is 0 Å². The lowest BCUT2D eigenvalue weighted by Crippen LogP contribution is -2.18. The van der Waals surface area contributed by atoms with Crippen molar-refractivity contribution in [2.45, 2.75) is 6.92 Å². The van der Waals surface area contributed by atoms with E-state index in [4.69, 9.17) is 4.74 Å². The Morgan fingerprint density at radius 3 is 1.72 bits per heavy atom. The molecule has 0 spiro atoms. The maximum atomic E-state index is 13.6. The highest BCUT2D eigenvalue weighted by molar-refractivity contribution is 6.03. The molecule has 9 heteroatoms. The highest BCUT2D eigenvalue weighted by atomic mass is 19.2. The number of carbonyl (C=O) groups excluding carboxylic acids is 2. The predicted octanol–water partition coefficient (Wildman–Crippen LogP) is 3.78. The number of benzene rings is 2. The van der Waals surface area contributed by atoms with Crippen LogP contribution in [0.4, 0.5) is 22.0 Å². The Balaban J connectivity index is 2.44. The molecule has 0 radical (unpaired) electrons. The average Bonchev–Trinajstić information content (AvgIpc) is 2.62. The van der Waals surface area contributed by atoms with Crippen LogP contribution >= 0.6 is 0 Å². The van der Waals surface area contributed by atoms with Gasteiger partial charge >= 0.3 is 11.9 Å². The fourth-order valence-electron chi connectivity index (χ4n) is 1.87. The van der Waals surface area contributed by atoms with E-state index in [0.717, 1.165) is 6.07 Å². The van der Waals surface area contributed by atoms with Crippen LogP contribution in [0.2, 0.25) is 0 Å². The van der Waals surface area contributed by atoms with E-state index in [0.29, 0.717) is 0 Å². The van der Waals surface area contributed by atoms with Gasteiger partial charge in [0, 0.05) is 0 Å². The van der Waals surface area contributed by atoms with Crippen LogP contribution in [0.3, 0.4) is 0 Å². The highest BCUT2D eigenvalue weighted by Crippen LogP contribution is 2.30. The number of carbonyl (C=O) groups is 2. The van der Waals surface area contributed by atoms with Crippen LogP contribution in [-0.2, 0) is 4.74 Å². The van der Waals surface area contributed by atoms with Gasteiger partial charge in [-0.3, -0.25) is 0 Å². The molecule has 0 amide bonds. The summed E-state index contributed by atoms with van der Waals surface area (Å²) >= 11 is 0.